The monoisotopic (exact) mass is 242 g/mol. The van der Waals surface area contributed by atoms with E-state index in [1.807, 2.05) is 6.92 Å². The molecule has 0 fully saturated rings. The summed E-state index contributed by atoms with van der Waals surface area (Å²) in [6.45, 7) is 3.76. The zero-order chi connectivity index (χ0) is 13.0. The molecular weight excluding hydrogens is 224 g/mol. The van der Waals surface area contributed by atoms with E-state index in [2.05, 4.69) is 10.3 Å². The number of nitro groups is 1. The third-order valence-electron chi connectivity index (χ3n) is 2.65. The summed E-state index contributed by atoms with van der Waals surface area (Å²) in [4.78, 5) is 14.2. The Morgan fingerprint density at radius 1 is 1.65 bits per heavy atom. The van der Waals surface area contributed by atoms with Gasteiger partial charge in [0, 0.05) is 26.6 Å². The molecular formula is C10H18N4O3. The summed E-state index contributed by atoms with van der Waals surface area (Å²) in [5, 5.41) is 22.6. The molecule has 1 atom stereocenters. The normalized spacial score (nSPS) is 12.5. The number of imidazole rings is 1. The van der Waals surface area contributed by atoms with Gasteiger partial charge in [0.1, 0.15) is 0 Å². The Balaban J connectivity index is 2.85. The second-order valence-corrected chi connectivity index (χ2v) is 4.06. The molecule has 0 amide bonds. The number of aliphatic hydroxyl groups is 1. The van der Waals surface area contributed by atoms with Gasteiger partial charge in [-0.2, -0.15) is 0 Å². The first kappa shape index (κ1) is 13.4. The van der Waals surface area contributed by atoms with Crippen molar-refractivity contribution in [3.8, 4) is 0 Å². The summed E-state index contributed by atoms with van der Waals surface area (Å²) < 4.78 is 1.66. The Bertz CT molecular complexity index is 403. The quantitative estimate of drug-likeness (QED) is 0.577. The summed E-state index contributed by atoms with van der Waals surface area (Å²) in [5.74, 6) is 0.854. The van der Waals surface area contributed by atoms with Gasteiger partial charge in [0.05, 0.1) is 0 Å². The van der Waals surface area contributed by atoms with Crippen LogP contribution in [-0.4, -0.2) is 32.2 Å². The summed E-state index contributed by atoms with van der Waals surface area (Å²) in [5.41, 5.74) is 0. The minimum absolute atomic E-state index is 0.0515. The van der Waals surface area contributed by atoms with Crippen LogP contribution in [0.15, 0.2) is 0 Å². The van der Waals surface area contributed by atoms with E-state index in [4.69, 9.17) is 5.11 Å². The van der Waals surface area contributed by atoms with E-state index in [9.17, 15) is 10.1 Å². The van der Waals surface area contributed by atoms with Gasteiger partial charge < -0.3 is 20.5 Å². The number of aromatic nitrogens is 2. The molecule has 0 saturated heterocycles. The van der Waals surface area contributed by atoms with E-state index in [1.165, 1.54) is 0 Å². The number of nitrogens with one attached hydrogen (secondary N) is 1. The molecule has 7 nitrogen and oxygen atoms in total. The molecule has 0 bridgehead atoms. The van der Waals surface area contributed by atoms with Crippen LogP contribution in [0.1, 0.15) is 25.6 Å². The Labute approximate surface area is 99.6 Å². The van der Waals surface area contributed by atoms with Crippen molar-refractivity contribution < 1.29 is 10.0 Å². The first-order valence-electron chi connectivity index (χ1n) is 5.52. The fourth-order valence-electron chi connectivity index (χ4n) is 1.58. The smallest absolute Gasteiger partial charge is 0.396 e. The number of rotatable bonds is 6. The van der Waals surface area contributed by atoms with Crippen molar-refractivity contribution in [2.45, 2.75) is 32.7 Å². The zero-order valence-electron chi connectivity index (χ0n) is 10.3. The van der Waals surface area contributed by atoms with Crippen molar-refractivity contribution in [3.63, 3.8) is 0 Å². The molecule has 2 N–H and O–H groups in total. The fourth-order valence-corrected chi connectivity index (χ4v) is 1.58. The summed E-state index contributed by atoms with van der Waals surface area (Å²) >= 11 is 0. The van der Waals surface area contributed by atoms with Crippen LogP contribution in [0.3, 0.4) is 0 Å². The third-order valence-corrected chi connectivity index (χ3v) is 2.65. The third kappa shape index (κ3) is 3.16. The standard InChI is InChI=1S/C10H18N4O3/c1-7(5-4-6-15)11-9-10(14(16)17)12-8(2)13(9)3/h7,11,15H,4-6H2,1-3H3. The van der Waals surface area contributed by atoms with E-state index < -0.39 is 4.92 Å². The maximum absolute atomic E-state index is 10.8. The van der Waals surface area contributed by atoms with Crippen LogP contribution in [0.5, 0.6) is 0 Å². The predicted octanol–water partition coefficient (Wildman–Crippen LogP) is 1.21. The molecule has 1 unspecified atom stereocenters. The second kappa shape index (κ2) is 5.62. The molecule has 0 aromatic carbocycles. The number of hydrogen-bond acceptors (Lipinski definition) is 5. The fraction of sp³-hybridized carbons (Fsp3) is 0.700. The van der Waals surface area contributed by atoms with Crippen LogP contribution in [0.25, 0.3) is 0 Å². The minimum Gasteiger partial charge on any atom is -0.396 e. The predicted molar refractivity (Wildman–Crippen MR) is 64.0 cm³/mol. The average molecular weight is 242 g/mol. The lowest BCUT2D eigenvalue weighted by Crippen LogP contribution is -2.18. The van der Waals surface area contributed by atoms with Crippen molar-refractivity contribution in [2.75, 3.05) is 11.9 Å². The second-order valence-electron chi connectivity index (χ2n) is 4.06. The van der Waals surface area contributed by atoms with Crippen LogP contribution >= 0.6 is 0 Å². The minimum atomic E-state index is -0.492. The molecule has 0 aliphatic carbocycles. The number of anilines is 1. The van der Waals surface area contributed by atoms with E-state index in [1.54, 1.807) is 18.5 Å². The summed E-state index contributed by atoms with van der Waals surface area (Å²) in [6, 6.07) is 0.0515. The van der Waals surface area contributed by atoms with E-state index in [0.717, 1.165) is 6.42 Å². The Morgan fingerprint density at radius 3 is 2.82 bits per heavy atom. The lowest BCUT2D eigenvalue weighted by molar-refractivity contribution is -0.388. The van der Waals surface area contributed by atoms with Gasteiger partial charge in [-0.05, 0) is 29.7 Å². The van der Waals surface area contributed by atoms with Crippen molar-refractivity contribution in [3.05, 3.63) is 15.9 Å². The highest BCUT2D eigenvalue weighted by Crippen LogP contribution is 2.24. The van der Waals surface area contributed by atoms with Gasteiger partial charge in [0.15, 0.2) is 0 Å². The van der Waals surface area contributed by atoms with Crippen molar-refractivity contribution >= 4 is 11.6 Å². The van der Waals surface area contributed by atoms with Crippen LogP contribution in [0.4, 0.5) is 11.6 Å². The molecule has 1 aromatic rings. The topological polar surface area (TPSA) is 93.2 Å². The van der Waals surface area contributed by atoms with Gasteiger partial charge in [-0.1, -0.05) is 0 Å². The van der Waals surface area contributed by atoms with Gasteiger partial charge in [0.2, 0.25) is 11.6 Å². The Morgan fingerprint density at radius 2 is 2.29 bits per heavy atom. The first-order valence-corrected chi connectivity index (χ1v) is 5.52. The molecule has 1 heterocycles. The van der Waals surface area contributed by atoms with Crippen LogP contribution < -0.4 is 5.32 Å². The van der Waals surface area contributed by atoms with Crippen LogP contribution in [0.2, 0.25) is 0 Å². The molecule has 1 rings (SSSR count). The van der Waals surface area contributed by atoms with Gasteiger partial charge in [-0.25, -0.2) is 0 Å². The zero-order valence-corrected chi connectivity index (χ0v) is 10.3. The van der Waals surface area contributed by atoms with Gasteiger partial charge in [-0.15, -0.1) is 0 Å². The highest BCUT2D eigenvalue weighted by Gasteiger charge is 2.24. The molecule has 0 spiro atoms. The van der Waals surface area contributed by atoms with Crippen molar-refractivity contribution in [2.24, 2.45) is 7.05 Å². The van der Waals surface area contributed by atoms with Gasteiger partial charge in [0.25, 0.3) is 0 Å². The highest BCUT2D eigenvalue weighted by atomic mass is 16.6. The molecule has 0 saturated carbocycles. The Hall–Kier alpha value is -1.63. The van der Waals surface area contributed by atoms with Crippen LogP contribution in [0, 0.1) is 17.0 Å². The maximum atomic E-state index is 10.8. The summed E-state index contributed by atoms with van der Waals surface area (Å²) in [7, 11) is 1.73. The average Bonchev–Trinajstić information content (AvgIpc) is 2.54. The highest BCUT2D eigenvalue weighted by molar-refractivity contribution is 5.53. The van der Waals surface area contributed by atoms with Gasteiger partial charge >= 0.3 is 5.82 Å². The molecule has 0 aliphatic heterocycles. The largest absolute Gasteiger partial charge is 0.406 e. The first-order chi connectivity index (χ1) is 7.97. The number of aliphatic hydroxyl groups excluding tert-OH is 1. The molecule has 17 heavy (non-hydrogen) atoms. The van der Waals surface area contributed by atoms with Gasteiger partial charge in [-0.3, -0.25) is 4.57 Å². The summed E-state index contributed by atoms with van der Waals surface area (Å²) in [6.07, 6.45) is 1.41. The van der Waals surface area contributed by atoms with E-state index >= 15 is 0 Å². The maximum Gasteiger partial charge on any atom is 0.406 e. The number of aryl methyl sites for hydroxylation is 1. The lowest BCUT2D eigenvalue weighted by atomic mass is 10.2. The van der Waals surface area contributed by atoms with Crippen LogP contribution in [-0.2, 0) is 7.05 Å². The molecule has 7 heteroatoms. The molecule has 1 aromatic heterocycles. The van der Waals surface area contributed by atoms with Crippen molar-refractivity contribution in [1.82, 2.24) is 9.55 Å². The lowest BCUT2D eigenvalue weighted by Gasteiger charge is -2.14. The SMILES string of the molecule is Cc1nc([N+](=O)[O-])c(NC(C)CCCO)n1C. The molecule has 96 valence electrons. The Kier molecular flexibility index (Phi) is 4.45. The number of nitrogens with zero attached hydrogens (tertiary/aromatic N) is 3. The van der Waals surface area contributed by atoms with Crippen molar-refractivity contribution in [1.29, 1.82) is 0 Å². The molecule has 0 aliphatic rings. The molecule has 0 radical (unpaired) electrons. The van der Waals surface area contributed by atoms with E-state index in [-0.39, 0.29) is 18.5 Å². The van der Waals surface area contributed by atoms with E-state index in [0.29, 0.717) is 18.1 Å². The number of hydrogen-bond donors (Lipinski definition) is 2.